The highest BCUT2D eigenvalue weighted by Gasteiger charge is 2.16. The summed E-state index contributed by atoms with van der Waals surface area (Å²) in [7, 11) is 2.08. The molecule has 0 radical (unpaired) electrons. The van der Waals surface area contributed by atoms with E-state index >= 15 is 0 Å². The molecule has 7 nitrogen and oxygen atoms in total. The van der Waals surface area contributed by atoms with E-state index in [0.717, 1.165) is 57.3 Å². The summed E-state index contributed by atoms with van der Waals surface area (Å²) in [5.74, 6) is 1.93. The third-order valence-corrected chi connectivity index (χ3v) is 5.21. The van der Waals surface area contributed by atoms with E-state index in [0.29, 0.717) is 6.54 Å². The van der Waals surface area contributed by atoms with Crippen molar-refractivity contribution in [2.24, 2.45) is 4.99 Å². The molecule has 3 heterocycles. The van der Waals surface area contributed by atoms with E-state index in [4.69, 9.17) is 9.73 Å². The zero-order chi connectivity index (χ0) is 18.2. The SMILES string of the molecule is CCc1nncn1CCNC(=NCC1CCCO1)N(C)Cc1ccsc1.I. The largest absolute Gasteiger partial charge is 0.376 e. The lowest BCUT2D eigenvalue weighted by Crippen LogP contribution is -2.40. The number of nitrogens with zero attached hydrogens (tertiary/aromatic N) is 5. The van der Waals surface area contributed by atoms with Gasteiger partial charge in [0.05, 0.1) is 12.6 Å². The van der Waals surface area contributed by atoms with E-state index in [-0.39, 0.29) is 30.1 Å². The fourth-order valence-electron chi connectivity index (χ4n) is 3.05. The highest BCUT2D eigenvalue weighted by molar-refractivity contribution is 14.0. The number of aliphatic imine (C=N–C) groups is 1. The number of ether oxygens (including phenoxy) is 1. The molecule has 9 heteroatoms. The van der Waals surface area contributed by atoms with Crippen LogP contribution in [-0.4, -0.2) is 58.5 Å². The Labute approximate surface area is 182 Å². The summed E-state index contributed by atoms with van der Waals surface area (Å²) in [6.45, 7) is 6.11. The molecular weight excluding hydrogens is 475 g/mol. The van der Waals surface area contributed by atoms with Gasteiger partial charge in [-0.25, -0.2) is 0 Å². The van der Waals surface area contributed by atoms with Crippen LogP contribution in [0.2, 0.25) is 0 Å². The highest BCUT2D eigenvalue weighted by Crippen LogP contribution is 2.13. The number of thiophene rings is 1. The van der Waals surface area contributed by atoms with Gasteiger partial charge in [0.1, 0.15) is 12.2 Å². The molecule has 1 aliphatic heterocycles. The number of hydrogen-bond acceptors (Lipinski definition) is 5. The summed E-state index contributed by atoms with van der Waals surface area (Å²) >= 11 is 1.72. The first-order valence-corrected chi connectivity index (χ1v) is 10.2. The van der Waals surface area contributed by atoms with Crippen LogP contribution < -0.4 is 5.32 Å². The third-order valence-electron chi connectivity index (χ3n) is 4.48. The summed E-state index contributed by atoms with van der Waals surface area (Å²) in [6.07, 6.45) is 5.18. The van der Waals surface area contributed by atoms with Gasteiger partial charge in [-0.05, 0) is 35.2 Å². The molecule has 1 fully saturated rings. The monoisotopic (exact) mass is 504 g/mol. The Morgan fingerprint density at radius 1 is 1.52 bits per heavy atom. The zero-order valence-electron chi connectivity index (χ0n) is 16.0. The van der Waals surface area contributed by atoms with Gasteiger partial charge >= 0.3 is 0 Å². The van der Waals surface area contributed by atoms with Gasteiger partial charge in [0.25, 0.3) is 0 Å². The van der Waals surface area contributed by atoms with Gasteiger partial charge < -0.3 is 19.5 Å². The smallest absolute Gasteiger partial charge is 0.194 e. The lowest BCUT2D eigenvalue weighted by atomic mass is 10.2. The average molecular weight is 504 g/mol. The molecule has 0 amide bonds. The van der Waals surface area contributed by atoms with Crippen molar-refractivity contribution >= 4 is 41.3 Å². The second-order valence-electron chi connectivity index (χ2n) is 6.51. The molecule has 0 aliphatic carbocycles. The zero-order valence-corrected chi connectivity index (χ0v) is 19.2. The molecule has 0 saturated carbocycles. The lowest BCUT2D eigenvalue weighted by molar-refractivity contribution is 0.117. The molecule has 0 bridgehead atoms. The standard InChI is InChI=1S/C18H28N6OS.HI/c1-3-17-22-21-14-24(17)8-7-19-18(20-11-16-5-4-9-25-16)23(2)12-15-6-10-26-13-15;/h6,10,13-14,16H,3-5,7-9,11-12H2,1-2H3,(H,19,20);1H. The van der Waals surface area contributed by atoms with Gasteiger partial charge in [0.15, 0.2) is 5.96 Å². The first-order chi connectivity index (χ1) is 12.8. The first-order valence-electron chi connectivity index (χ1n) is 9.25. The molecule has 3 rings (SSSR count). The number of nitrogens with one attached hydrogen (secondary N) is 1. The molecule has 0 aromatic carbocycles. The molecule has 150 valence electrons. The molecule has 1 atom stereocenters. The van der Waals surface area contributed by atoms with Gasteiger partial charge in [-0.2, -0.15) is 11.3 Å². The topological polar surface area (TPSA) is 67.6 Å². The van der Waals surface area contributed by atoms with E-state index in [1.54, 1.807) is 17.7 Å². The number of aromatic nitrogens is 3. The summed E-state index contributed by atoms with van der Waals surface area (Å²) in [5, 5.41) is 15.9. The molecule has 1 N–H and O–H groups in total. The fraction of sp³-hybridized carbons (Fsp3) is 0.611. The first kappa shape index (κ1) is 22.1. The van der Waals surface area contributed by atoms with Gasteiger partial charge in [-0.1, -0.05) is 6.92 Å². The predicted octanol–water partition coefficient (Wildman–Crippen LogP) is 2.78. The Morgan fingerprint density at radius 3 is 3.11 bits per heavy atom. The second-order valence-corrected chi connectivity index (χ2v) is 7.29. The van der Waals surface area contributed by atoms with Gasteiger partial charge in [0.2, 0.25) is 0 Å². The average Bonchev–Trinajstić information content (AvgIpc) is 3.39. The minimum Gasteiger partial charge on any atom is -0.376 e. The maximum absolute atomic E-state index is 5.71. The molecule has 1 aliphatic rings. The Hall–Kier alpha value is -1.20. The minimum atomic E-state index is 0. The lowest BCUT2D eigenvalue weighted by Gasteiger charge is -2.23. The minimum absolute atomic E-state index is 0. The molecule has 1 unspecified atom stereocenters. The molecule has 2 aromatic rings. The van der Waals surface area contributed by atoms with Crippen molar-refractivity contribution < 1.29 is 4.74 Å². The Kier molecular flexibility index (Phi) is 9.49. The fourth-order valence-corrected chi connectivity index (χ4v) is 3.71. The van der Waals surface area contributed by atoms with E-state index in [1.165, 1.54) is 5.56 Å². The maximum Gasteiger partial charge on any atom is 0.194 e. The van der Waals surface area contributed by atoms with E-state index in [1.807, 2.05) is 0 Å². The van der Waals surface area contributed by atoms with Crippen LogP contribution >= 0.6 is 35.3 Å². The summed E-state index contributed by atoms with van der Waals surface area (Å²) in [6, 6.07) is 2.16. The quantitative estimate of drug-likeness (QED) is 0.340. The Balaban J connectivity index is 0.00000261. The van der Waals surface area contributed by atoms with Crippen LogP contribution in [0.4, 0.5) is 0 Å². The van der Waals surface area contributed by atoms with E-state index in [2.05, 4.69) is 55.8 Å². The normalized spacial score (nSPS) is 17.0. The van der Waals surface area contributed by atoms with Crippen LogP contribution in [0, 0.1) is 0 Å². The highest BCUT2D eigenvalue weighted by atomic mass is 127. The number of rotatable bonds is 8. The Bertz CT molecular complexity index is 684. The van der Waals surface area contributed by atoms with Crippen molar-refractivity contribution in [2.75, 3.05) is 26.7 Å². The number of halogens is 1. The van der Waals surface area contributed by atoms with Crippen molar-refractivity contribution in [1.82, 2.24) is 25.0 Å². The summed E-state index contributed by atoms with van der Waals surface area (Å²) in [4.78, 5) is 6.99. The van der Waals surface area contributed by atoms with E-state index < -0.39 is 0 Å². The van der Waals surface area contributed by atoms with Crippen molar-refractivity contribution in [2.45, 2.75) is 45.4 Å². The summed E-state index contributed by atoms with van der Waals surface area (Å²) < 4.78 is 7.80. The third kappa shape index (κ3) is 6.72. The van der Waals surface area contributed by atoms with Crippen LogP contribution in [0.25, 0.3) is 0 Å². The van der Waals surface area contributed by atoms with Gasteiger partial charge in [-0.15, -0.1) is 34.2 Å². The van der Waals surface area contributed by atoms with Gasteiger partial charge in [0, 0.05) is 39.7 Å². The van der Waals surface area contributed by atoms with Crippen LogP contribution in [0.5, 0.6) is 0 Å². The van der Waals surface area contributed by atoms with Crippen LogP contribution in [0.15, 0.2) is 28.1 Å². The molecular formula is C18H29IN6OS. The molecule has 1 saturated heterocycles. The van der Waals surface area contributed by atoms with Crippen LogP contribution in [0.3, 0.4) is 0 Å². The van der Waals surface area contributed by atoms with Crippen LogP contribution in [-0.2, 0) is 24.2 Å². The van der Waals surface area contributed by atoms with Crippen molar-refractivity contribution in [3.05, 3.63) is 34.5 Å². The van der Waals surface area contributed by atoms with Crippen molar-refractivity contribution in [1.29, 1.82) is 0 Å². The predicted molar refractivity (Wildman–Crippen MR) is 120 cm³/mol. The molecule has 27 heavy (non-hydrogen) atoms. The number of aryl methyl sites for hydroxylation is 1. The second kappa shape index (κ2) is 11.6. The maximum atomic E-state index is 5.71. The number of hydrogen-bond donors (Lipinski definition) is 1. The van der Waals surface area contributed by atoms with Gasteiger partial charge in [-0.3, -0.25) is 4.99 Å². The van der Waals surface area contributed by atoms with Crippen molar-refractivity contribution in [3.8, 4) is 0 Å². The molecule has 2 aromatic heterocycles. The summed E-state index contributed by atoms with van der Waals surface area (Å²) in [5.41, 5.74) is 1.30. The Morgan fingerprint density at radius 2 is 2.41 bits per heavy atom. The number of guanidine groups is 1. The molecule has 0 spiro atoms. The van der Waals surface area contributed by atoms with Crippen molar-refractivity contribution in [3.63, 3.8) is 0 Å². The van der Waals surface area contributed by atoms with Crippen LogP contribution in [0.1, 0.15) is 31.2 Å². The van der Waals surface area contributed by atoms with E-state index in [9.17, 15) is 0 Å².